The lowest BCUT2D eigenvalue weighted by Crippen LogP contribution is -2.03. The van der Waals surface area contributed by atoms with E-state index < -0.39 is 0 Å². The molecule has 0 amide bonds. The van der Waals surface area contributed by atoms with Gasteiger partial charge in [-0.25, -0.2) is 15.0 Å². The van der Waals surface area contributed by atoms with Crippen LogP contribution in [-0.2, 0) is 12.8 Å². The summed E-state index contributed by atoms with van der Waals surface area (Å²) in [5.41, 5.74) is 0. The Morgan fingerprint density at radius 2 is 1.58 bits per heavy atom. The monoisotopic (exact) mass is 163 g/mol. The van der Waals surface area contributed by atoms with E-state index in [9.17, 15) is 0 Å². The van der Waals surface area contributed by atoms with E-state index in [0.29, 0.717) is 5.82 Å². The number of aryl methyl sites for hydroxylation is 2. The Morgan fingerprint density at radius 3 is 1.92 bits per heavy atom. The van der Waals surface area contributed by atoms with Crippen LogP contribution in [0.1, 0.15) is 31.3 Å². The Balaban J connectivity index is 3.09. The molecule has 0 unspecified atom stereocenters. The average Bonchev–Trinajstić information content (AvgIpc) is 2.16. The van der Waals surface area contributed by atoms with E-state index in [-0.39, 0.29) is 0 Å². The van der Waals surface area contributed by atoms with Crippen molar-refractivity contribution in [3.8, 4) is 0 Å². The minimum Gasteiger partial charge on any atom is -0.218 e. The summed E-state index contributed by atoms with van der Waals surface area (Å²) in [6.07, 6.45) is 3.34. The topological polar surface area (TPSA) is 38.7 Å². The Labute approximate surface area is 72.6 Å². The van der Waals surface area contributed by atoms with Crippen molar-refractivity contribution in [2.45, 2.75) is 26.7 Å². The van der Waals surface area contributed by atoms with Crippen molar-refractivity contribution in [3.63, 3.8) is 0 Å². The van der Waals surface area contributed by atoms with Crippen molar-refractivity contribution in [1.29, 1.82) is 0 Å². The van der Waals surface area contributed by atoms with Gasteiger partial charge in [-0.15, -0.1) is 0 Å². The van der Waals surface area contributed by atoms with Crippen molar-refractivity contribution < 1.29 is 0 Å². The Kier molecular flexibility index (Phi) is 2.91. The van der Waals surface area contributed by atoms with E-state index in [0.717, 1.165) is 24.5 Å². The highest BCUT2D eigenvalue weighted by Crippen LogP contribution is 1.98. The van der Waals surface area contributed by atoms with E-state index >= 15 is 0 Å². The predicted molar refractivity (Wildman–Crippen MR) is 48.7 cm³/mol. The first-order valence-corrected chi connectivity index (χ1v) is 4.16. The highest BCUT2D eigenvalue weighted by molar-refractivity contribution is 5.35. The van der Waals surface area contributed by atoms with Crippen LogP contribution in [0, 0.1) is 0 Å². The second-order valence-electron chi connectivity index (χ2n) is 2.44. The summed E-state index contributed by atoms with van der Waals surface area (Å²) in [7, 11) is 0. The molecule has 0 aromatic carbocycles. The molecule has 0 saturated heterocycles. The zero-order valence-electron chi connectivity index (χ0n) is 7.54. The normalized spacial score (nSPS) is 9.83. The molecule has 0 atom stereocenters. The maximum absolute atomic E-state index is 4.25. The summed E-state index contributed by atoms with van der Waals surface area (Å²) >= 11 is 0. The molecule has 12 heavy (non-hydrogen) atoms. The summed E-state index contributed by atoms with van der Waals surface area (Å²) in [6, 6.07) is 0. The molecular weight excluding hydrogens is 150 g/mol. The van der Waals surface area contributed by atoms with Gasteiger partial charge in [-0.05, 0) is 6.08 Å². The highest BCUT2D eigenvalue weighted by atomic mass is 15.0. The number of nitrogens with zero attached hydrogens (tertiary/aromatic N) is 3. The predicted octanol–water partition coefficient (Wildman–Crippen LogP) is 1.64. The van der Waals surface area contributed by atoms with Crippen LogP contribution < -0.4 is 0 Å². The van der Waals surface area contributed by atoms with Gasteiger partial charge in [0.05, 0.1) is 0 Å². The molecule has 1 aromatic rings. The van der Waals surface area contributed by atoms with Gasteiger partial charge in [0.15, 0.2) is 5.82 Å². The lowest BCUT2D eigenvalue weighted by atomic mass is 10.4. The second kappa shape index (κ2) is 3.95. The molecule has 0 bridgehead atoms. The van der Waals surface area contributed by atoms with Gasteiger partial charge in [0.1, 0.15) is 11.6 Å². The Morgan fingerprint density at radius 1 is 1.08 bits per heavy atom. The summed E-state index contributed by atoms with van der Waals surface area (Å²) in [5.74, 6) is 2.37. The summed E-state index contributed by atoms with van der Waals surface area (Å²) < 4.78 is 0. The summed E-state index contributed by atoms with van der Waals surface area (Å²) in [4.78, 5) is 12.6. The maximum Gasteiger partial charge on any atom is 0.155 e. The summed E-state index contributed by atoms with van der Waals surface area (Å²) in [5, 5.41) is 0. The smallest absolute Gasteiger partial charge is 0.155 e. The van der Waals surface area contributed by atoms with Gasteiger partial charge in [-0.1, -0.05) is 20.4 Å². The van der Waals surface area contributed by atoms with Crippen LogP contribution in [0.3, 0.4) is 0 Å². The molecular formula is C9H13N3. The molecule has 0 spiro atoms. The van der Waals surface area contributed by atoms with Crippen molar-refractivity contribution in [2.24, 2.45) is 0 Å². The van der Waals surface area contributed by atoms with Crippen LogP contribution in [0.25, 0.3) is 6.08 Å². The van der Waals surface area contributed by atoms with E-state index in [1.54, 1.807) is 6.08 Å². The standard InChI is InChI=1S/C9H13N3/c1-4-7-10-8(5-2)12-9(6-3)11-7/h4H,1,5-6H2,2-3H3. The zero-order chi connectivity index (χ0) is 8.97. The molecule has 1 aromatic heterocycles. The van der Waals surface area contributed by atoms with Crippen molar-refractivity contribution in [2.75, 3.05) is 0 Å². The molecule has 1 rings (SSSR count). The first-order valence-electron chi connectivity index (χ1n) is 4.16. The van der Waals surface area contributed by atoms with Crippen LogP contribution in [0.4, 0.5) is 0 Å². The van der Waals surface area contributed by atoms with E-state index in [2.05, 4.69) is 21.5 Å². The molecule has 0 fully saturated rings. The lowest BCUT2D eigenvalue weighted by molar-refractivity contribution is 0.817. The summed E-state index contributed by atoms with van der Waals surface area (Å²) in [6.45, 7) is 7.69. The van der Waals surface area contributed by atoms with Crippen LogP contribution in [0.15, 0.2) is 6.58 Å². The maximum atomic E-state index is 4.25. The number of rotatable bonds is 3. The van der Waals surface area contributed by atoms with Crippen LogP contribution in [0.2, 0.25) is 0 Å². The highest BCUT2D eigenvalue weighted by Gasteiger charge is 1.99. The molecule has 0 N–H and O–H groups in total. The SMILES string of the molecule is C=Cc1nc(CC)nc(CC)n1. The fourth-order valence-corrected chi connectivity index (χ4v) is 0.896. The number of hydrogen-bond donors (Lipinski definition) is 0. The molecule has 0 aliphatic carbocycles. The Bertz CT molecular complexity index is 259. The van der Waals surface area contributed by atoms with Gasteiger partial charge in [-0.2, -0.15) is 0 Å². The largest absolute Gasteiger partial charge is 0.218 e. The van der Waals surface area contributed by atoms with Gasteiger partial charge in [0.25, 0.3) is 0 Å². The third-order valence-electron chi connectivity index (χ3n) is 1.56. The number of hydrogen-bond acceptors (Lipinski definition) is 3. The van der Waals surface area contributed by atoms with Crippen LogP contribution in [0.5, 0.6) is 0 Å². The third kappa shape index (κ3) is 1.87. The van der Waals surface area contributed by atoms with Crippen LogP contribution >= 0.6 is 0 Å². The first-order chi connectivity index (χ1) is 5.80. The molecule has 0 aliphatic rings. The number of aromatic nitrogens is 3. The molecule has 3 nitrogen and oxygen atoms in total. The Hall–Kier alpha value is -1.25. The molecule has 0 aliphatic heterocycles. The van der Waals surface area contributed by atoms with Gasteiger partial charge in [0.2, 0.25) is 0 Å². The van der Waals surface area contributed by atoms with E-state index in [4.69, 9.17) is 0 Å². The molecule has 1 heterocycles. The van der Waals surface area contributed by atoms with Gasteiger partial charge < -0.3 is 0 Å². The molecule has 0 saturated carbocycles. The van der Waals surface area contributed by atoms with E-state index in [1.807, 2.05) is 13.8 Å². The lowest BCUT2D eigenvalue weighted by Gasteiger charge is -2.00. The van der Waals surface area contributed by atoms with Gasteiger partial charge in [0, 0.05) is 12.8 Å². The van der Waals surface area contributed by atoms with Crippen LogP contribution in [-0.4, -0.2) is 15.0 Å². The molecule has 0 radical (unpaired) electrons. The van der Waals surface area contributed by atoms with Crippen molar-refractivity contribution in [1.82, 2.24) is 15.0 Å². The van der Waals surface area contributed by atoms with Gasteiger partial charge >= 0.3 is 0 Å². The average molecular weight is 163 g/mol. The molecule has 64 valence electrons. The zero-order valence-corrected chi connectivity index (χ0v) is 7.54. The van der Waals surface area contributed by atoms with Crippen molar-refractivity contribution >= 4 is 6.08 Å². The quantitative estimate of drug-likeness (QED) is 0.680. The molecule has 3 heteroatoms. The second-order valence-corrected chi connectivity index (χ2v) is 2.44. The van der Waals surface area contributed by atoms with Gasteiger partial charge in [-0.3, -0.25) is 0 Å². The van der Waals surface area contributed by atoms with E-state index in [1.165, 1.54) is 0 Å². The first kappa shape index (κ1) is 8.84. The minimum atomic E-state index is 0.679. The fourth-order valence-electron chi connectivity index (χ4n) is 0.896. The minimum absolute atomic E-state index is 0.679. The fraction of sp³-hybridized carbons (Fsp3) is 0.444. The van der Waals surface area contributed by atoms with Crippen molar-refractivity contribution in [3.05, 3.63) is 24.1 Å². The third-order valence-corrected chi connectivity index (χ3v) is 1.56.